The third-order valence-corrected chi connectivity index (χ3v) is 13.9. The third-order valence-electron chi connectivity index (χ3n) is 13.9. The van der Waals surface area contributed by atoms with Crippen molar-refractivity contribution in [3.05, 3.63) is 29.6 Å². The first-order valence-corrected chi connectivity index (χ1v) is 28.8. The van der Waals surface area contributed by atoms with Crippen LogP contribution in [0.1, 0.15) is 340 Å². The Morgan fingerprint density at radius 2 is 0.417 bits per heavy atom. The van der Waals surface area contributed by atoms with Crippen LogP contribution in [-0.4, -0.2) is 0 Å². The highest BCUT2D eigenvalue weighted by atomic mass is 14.9. The molecule has 0 aliphatic heterocycles. The topological polar surface area (TPSA) is 3.88 Å². The Morgan fingerprint density at radius 3 is 0.633 bits per heavy atom. The van der Waals surface area contributed by atoms with Crippen molar-refractivity contribution in [3.63, 3.8) is 0 Å². The molecule has 354 valence electrons. The van der Waals surface area contributed by atoms with Gasteiger partial charge in [0.1, 0.15) is 6.54 Å². The van der Waals surface area contributed by atoms with E-state index >= 15 is 0 Å². The minimum Gasteiger partial charge on any atom is -0.205 e. The van der Waals surface area contributed by atoms with Crippen LogP contribution in [0.2, 0.25) is 0 Å². The molecule has 1 heterocycles. The van der Waals surface area contributed by atoms with Crippen LogP contribution < -0.4 is 4.57 Å². The van der Waals surface area contributed by atoms with E-state index in [0.29, 0.717) is 0 Å². The van der Waals surface area contributed by atoms with Gasteiger partial charge in [0.2, 0.25) is 0 Å². The maximum atomic E-state index is 2.60. The summed E-state index contributed by atoms with van der Waals surface area (Å²) in [4.78, 5) is 0. The largest absolute Gasteiger partial charge is 0.205 e. The Kier molecular flexibility index (Phi) is 46.8. The molecule has 1 aromatic heterocycles. The second-order valence-corrected chi connectivity index (χ2v) is 20.2. The first kappa shape index (κ1) is 57.2. The highest BCUT2D eigenvalue weighted by Crippen LogP contribution is 2.18. The molecule has 0 amide bonds. The molecule has 0 unspecified atom stereocenters. The van der Waals surface area contributed by atoms with E-state index in [1.807, 2.05) is 0 Å². The van der Waals surface area contributed by atoms with Gasteiger partial charge in [-0.2, -0.15) is 0 Å². The van der Waals surface area contributed by atoms with Crippen LogP contribution in [0.5, 0.6) is 0 Å². The number of aryl methyl sites for hydroxylation is 3. The van der Waals surface area contributed by atoms with Crippen molar-refractivity contribution in [3.8, 4) is 0 Å². The van der Waals surface area contributed by atoms with Crippen molar-refractivity contribution < 1.29 is 4.57 Å². The predicted molar refractivity (Wildman–Crippen MR) is 273 cm³/mol. The molecular formula is C59H114N+. The Bertz CT molecular complexity index is 804. The summed E-state index contributed by atoms with van der Waals surface area (Å²) in [5.41, 5.74) is 3.23. The van der Waals surface area contributed by atoms with Gasteiger partial charge in [0.25, 0.3) is 0 Å². The van der Waals surface area contributed by atoms with E-state index in [1.165, 1.54) is 328 Å². The van der Waals surface area contributed by atoms with Crippen molar-refractivity contribution >= 4 is 0 Å². The number of unbranched alkanes of at least 4 members (excludes halogenated alkanes) is 45. The molecule has 0 bridgehead atoms. The van der Waals surface area contributed by atoms with E-state index in [4.69, 9.17) is 0 Å². The molecule has 1 aromatic rings. The van der Waals surface area contributed by atoms with E-state index in [2.05, 4.69) is 43.8 Å². The summed E-state index contributed by atoms with van der Waals surface area (Å²) in [6.07, 6.45) is 77.2. The molecule has 0 saturated heterocycles. The lowest BCUT2D eigenvalue weighted by atomic mass is 10.0. The number of nitrogens with zero attached hydrogens (tertiary/aromatic N) is 1. The Labute approximate surface area is 381 Å². The highest BCUT2D eigenvalue weighted by molar-refractivity contribution is 5.15. The summed E-state index contributed by atoms with van der Waals surface area (Å²) in [6.45, 7) is 8.17. The van der Waals surface area contributed by atoms with Crippen LogP contribution in [0.15, 0.2) is 18.5 Å². The summed E-state index contributed by atoms with van der Waals surface area (Å²) in [5.74, 6) is 0. The van der Waals surface area contributed by atoms with E-state index in [9.17, 15) is 0 Å². The average Bonchev–Trinajstić information content (AvgIpc) is 3.26. The average molecular weight is 838 g/mol. The lowest BCUT2D eigenvalue weighted by Gasteiger charge is -2.08. The molecule has 1 heteroatoms. The van der Waals surface area contributed by atoms with Crippen molar-refractivity contribution in [2.75, 3.05) is 0 Å². The van der Waals surface area contributed by atoms with Crippen molar-refractivity contribution in [2.24, 2.45) is 0 Å². The van der Waals surface area contributed by atoms with Gasteiger partial charge >= 0.3 is 0 Å². The van der Waals surface area contributed by atoms with Crippen LogP contribution in [0.25, 0.3) is 0 Å². The maximum absolute atomic E-state index is 2.60. The van der Waals surface area contributed by atoms with Gasteiger partial charge < -0.3 is 0 Å². The zero-order valence-electron chi connectivity index (χ0n) is 42.2. The summed E-state index contributed by atoms with van der Waals surface area (Å²) in [6, 6.07) is 2.60. The minimum absolute atomic E-state index is 1.22. The fourth-order valence-electron chi connectivity index (χ4n) is 9.78. The first-order chi connectivity index (χ1) is 29.8. The van der Waals surface area contributed by atoms with Crippen LogP contribution in [0.3, 0.4) is 0 Å². The van der Waals surface area contributed by atoms with Gasteiger partial charge in [-0.15, -0.1) is 0 Å². The predicted octanol–water partition coefficient (Wildman–Crippen LogP) is 20.8. The minimum atomic E-state index is 1.22. The van der Waals surface area contributed by atoms with Gasteiger partial charge in [0, 0.05) is 17.5 Å². The number of hydrogen-bond donors (Lipinski definition) is 0. The fraction of sp³-hybridized carbons (Fsp3) is 0.915. The zero-order chi connectivity index (χ0) is 42.9. The molecule has 0 spiro atoms. The standard InChI is InChI=1S/C59H114N/c1-4-7-10-13-16-19-22-25-28-31-34-37-40-43-46-49-52-58-55-59(53-50-47-44-41-38-35-32-29-26-23-20-17-14-11-8-5-2)57-60(56-58)54-51-48-45-42-39-36-33-30-27-24-21-18-15-12-9-6-3/h55-57H,4-54H2,1-3H3/q+1. The number of aromatic nitrogens is 1. The molecule has 1 nitrogen and oxygen atoms in total. The number of rotatable bonds is 51. The van der Waals surface area contributed by atoms with Crippen LogP contribution in [-0.2, 0) is 19.4 Å². The molecule has 60 heavy (non-hydrogen) atoms. The first-order valence-electron chi connectivity index (χ1n) is 28.8. The van der Waals surface area contributed by atoms with E-state index in [1.54, 1.807) is 11.1 Å². The van der Waals surface area contributed by atoms with Gasteiger partial charge in [-0.3, -0.25) is 0 Å². The Balaban J connectivity index is 2.26. The highest BCUT2D eigenvalue weighted by Gasteiger charge is 2.09. The Hall–Kier alpha value is -0.850. The van der Waals surface area contributed by atoms with E-state index in [-0.39, 0.29) is 0 Å². The summed E-state index contributed by atoms with van der Waals surface area (Å²) >= 11 is 0. The molecule has 0 aromatic carbocycles. The quantitative estimate of drug-likeness (QED) is 0.0455. The second kappa shape index (κ2) is 49.2. The van der Waals surface area contributed by atoms with Crippen LogP contribution >= 0.6 is 0 Å². The monoisotopic (exact) mass is 837 g/mol. The van der Waals surface area contributed by atoms with Crippen LogP contribution in [0, 0.1) is 0 Å². The van der Waals surface area contributed by atoms with Crippen molar-refractivity contribution in [1.29, 1.82) is 0 Å². The molecule has 0 aliphatic rings. The molecule has 0 radical (unpaired) electrons. The van der Waals surface area contributed by atoms with Gasteiger partial charge in [-0.1, -0.05) is 303 Å². The molecule has 0 aliphatic carbocycles. The molecule has 0 fully saturated rings. The molecule has 0 N–H and O–H groups in total. The number of pyridine rings is 1. The van der Waals surface area contributed by atoms with Crippen molar-refractivity contribution in [2.45, 2.75) is 348 Å². The normalized spacial score (nSPS) is 11.7. The summed E-state index contributed by atoms with van der Waals surface area (Å²) in [7, 11) is 0. The SMILES string of the molecule is CCCCCCCCCCCCCCCCCCc1cc(CCCCCCCCCCCCCCCCCC)c[n+](CCCCCCCCCCCCCCCCCC)c1. The molecule has 1 rings (SSSR count). The van der Waals surface area contributed by atoms with Crippen molar-refractivity contribution in [1.82, 2.24) is 0 Å². The summed E-state index contributed by atoms with van der Waals surface area (Å²) < 4.78 is 2.60. The fourth-order valence-corrected chi connectivity index (χ4v) is 9.78. The Morgan fingerprint density at radius 1 is 0.233 bits per heavy atom. The van der Waals surface area contributed by atoms with Gasteiger partial charge in [-0.25, -0.2) is 4.57 Å². The van der Waals surface area contributed by atoms with E-state index in [0.717, 1.165) is 0 Å². The molecular weight excluding hydrogens is 723 g/mol. The lowest BCUT2D eigenvalue weighted by molar-refractivity contribution is -0.698. The maximum Gasteiger partial charge on any atom is 0.171 e. The van der Waals surface area contributed by atoms with E-state index < -0.39 is 0 Å². The lowest BCUT2D eigenvalue weighted by Crippen LogP contribution is -2.34. The van der Waals surface area contributed by atoms with Gasteiger partial charge in [-0.05, 0) is 38.2 Å². The number of hydrogen-bond acceptors (Lipinski definition) is 0. The summed E-state index contributed by atoms with van der Waals surface area (Å²) in [5, 5.41) is 0. The zero-order valence-corrected chi connectivity index (χ0v) is 42.2. The van der Waals surface area contributed by atoms with Gasteiger partial charge in [0.15, 0.2) is 12.4 Å². The van der Waals surface area contributed by atoms with Crippen LogP contribution in [0.4, 0.5) is 0 Å². The van der Waals surface area contributed by atoms with Gasteiger partial charge in [0.05, 0.1) is 0 Å². The smallest absolute Gasteiger partial charge is 0.171 e. The third kappa shape index (κ3) is 42.5. The second-order valence-electron chi connectivity index (χ2n) is 20.2. The molecule has 0 saturated carbocycles. The molecule has 0 atom stereocenters.